The van der Waals surface area contributed by atoms with E-state index in [-0.39, 0.29) is 37.2 Å². The molecule has 0 aliphatic heterocycles. The third-order valence-electron chi connectivity index (χ3n) is 2.82. The van der Waals surface area contributed by atoms with Gasteiger partial charge in [-0.15, -0.1) is 0 Å². The van der Waals surface area contributed by atoms with Crippen LogP contribution in [0.2, 0.25) is 0 Å². The molecule has 0 fully saturated rings. The van der Waals surface area contributed by atoms with Gasteiger partial charge in [-0.05, 0) is 30.7 Å². The lowest BCUT2D eigenvalue weighted by Gasteiger charge is -2.13. The first-order valence-electron chi connectivity index (χ1n) is 6.82. The molecule has 5 N–H and O–H groups in total. The molecule has 1 rings (SSSR count). The number of carbonyl (C=O) groups is 1. The average Bonchev–Trinajstić information content (AvgIpc) is 2.47. The van der Waals surface area contributed by atoms with Crippen molar-refractivity contribution in [2.24, 2.45) is 0 Å². The lowest BCUT2D eigenvalue weighted by molar-refractivity contribution is -0.116. The van der Waals surface area contributed by atoms with Crippen molar-refractivity contribution in [1.29, 1.82) is 0 Å². The van der Waals surface area contributed by atoms with Crippen molar-refractivity contribution < 1.29 is 30.0 Å². The summed E-state index contributed by atoms with van der Waals surface area (Å²) in [5.41, 5.74) is 0.571. The van der Waals surface area contributed by atoms with Crippen molar-refractivity contribution >= 4 is 12.0 Å². The van der Waals surface area contributed by atoms with Crippen LogP contribution in [-0.2, 0) is 9.53 Å². The number of nitrogens with one attached hydrogen (secondary N) is 1. The van der Waals surface area contributed by atoms with E-state index in [1.54, 1.807) is 6.07 Å². The maximum atomic E-state index is 11.5. The quantitative estimate of drug-likeness (QED) is 0.262. The van der Waals surface area contributed by atoms with Gasteiger partial charge < -0.3 is 30.5 Å². The lowest BCUT2D eigenvalue weighted by Crippen LogP contribution is -2.30. The Bertz CT molecular complexity index is 515. The molecule has 2 atom stereocenters. The van der Waals surface area contributed by atoms with Crippen LogP contribution in [0.15, 0.2) is 24.3 Å². The number of hydrogen-bond donors (Lipinski definition) is 5. The number of carbonyl (C=O) groups excluding carboxylic acids is 1. The number of benzene rings is 1. The molecular weight excluding hydrogens is 290 g/mol. The van der Waals surface area contributed by atoms with Gasteiger partial charge in [-0.1, -0.05) is 6.07 Å². The van der Waals surface area contributed by atoms with Crippen LogP contribution in [0.3, 0.4) is 0 Å². The van der Waals surface area contributed by atoms with Crippen LogP contribution < -0.4 is 5.32 Å². The summed E-state index contributed by atoms with van der Waals surface area (Å²) in [5, 5.41) is 39.4. The Labute approximate surface area is 128 Å². The second kappa shape index (κ2) is 9.04. The van der Waals surface area contributed by atoms with E-state index >= 15 is 0 Å². The van der Waals surface area contributed by atoms with Crippen molar-refractivity contribution in [2.45, 2.75) is 19.1 Å². The number of phenolic OH excluding ortho intramolecular Hbond substituents is 2. The number of hydrogen-bond acceptors (Lipinski definition) is 6. The maximum absolute atomic E-state index is 11.5. The fraction of sp³-hybridized carbons (Fsp3) is 0.400. The standard InChI is InChI=1S/C15H21NO6/c1-10(17)14(20)9-22-7-6-16-15(21)5-3-11-2-4-12(18)13(19)8-11/h2-5,8,10,14,17-20H,6-7,9H2,1H3,(H,16,21)/b5-3+. The van der Waals surface area contributed by atoms with Crippen LogP contribution in [0.1, 0.15) is 12.5 Å². The first-order chi connectivity index (χ1) is 10.4. The Morgan fingerprint density at radius 1 is 1.32 bits per heavy atom. The molecule has 0 spiro atoms. The molecular formula is C15H21NO6. The summed E-state index contributed by atoms with van der Waals surface area (Å²) in [6.07, 6.45) is 0.972. The smallest absolute Gasteiger partial charge is 0.244 e. The van der Waals surface area contributed by atoms with E-state index in [0.717, 1.165) is 0 Å². The van der Waals surface area contributed by atoms with Gasteiger partial charge in [-0.25, -0.2) is 0 Å². The van der Waals surface area contributed by atoms with Gasteiger partial charge in [0.25, 0.3) is 0 Å². The molecule has 0 saturated carbocycles. The SMILES string of the molecule is CC(O)C(O)COCCNC(=O)/C=C/c1ccc(O)c(O)c1. The van der Waals surface area contributed by atoms with E-state index in [4.69, 9.17) is 14.9 Å². The molecule has 1 aromatic rings. The normalized spacial score (nSPS) is 14.0. The number of aliphatic hydroxyl groups is 2. The largest absolute Gasteiger partial charge is 0.504 e. The summed E-state index contributed by atoms with van der Waals surface area (Å²) in [6, 6.07) is 4.22. The van der Waals surface area contributed by atoms with Gasteiger partial charge in [0.05, 0.1) is 19.3 Å². The van der Waals surface area contributed by atoms with Crippen LogP contribution in [0, 0.1) is 0 Å². The monoisotopic (exact) mass is 311 g/mol. The molecule has 0 aliphatic rings. The number of phenols is 2. The fourth-order valence-corrected chi connectivity index (χ4v) is 1.46. The molecule has 0 bridgehead atoms. The Morgan fingerprint density at radius 3 is 2.68 bits per heavy atom. The van der Waals surface area contributed by atoms with E-state index in [2.05, 4.69) is 5.32 Å². The van der Waals surface area contributed by atoms with E-state index in [9.17, 15) is 15.0 Å². The van der Waals surface area contributed by atoms with Crippen LogP contribution in [0.25, 0.3) is 6.08 Å². The first kappa shape index (κ1) is 18.0. The fourth-order valence-electron chi connectivity index (χ4n) is 1.46. The molecule has 122 valence electrons. The third kappa shape index (κ3) is 6.57. The molecule has 0 heterocycles. The molecule has 22 heavy (non-hydrogen) atoms. The minimum absolute atomic E-state index is 0.00381. The van der Waals surface area contributed by atoms with Crippen molar-refractivity contribution in [3.05, 3.63) is 29.8 Å². The minimum Gasteiger partial charge on any atom is -0.504 e. The molecule has 2 unspecified atom stereocenters. The zero-order valence-corrected chi connectivity index (χ0v) is 12.3. The van der Waals surface area contributed by atoms with Gasteiger partial charge in [0.2, 0.25) is 5.91 Å². The van der Waals surface area contributed by atoms with Crippen molar-refractivity contribution in [3.8, 4) is 11.5 Å². The van der Waals surface area contributed by atoms with Gasteiger partial charge in [-0.3, -0.25) is 4.79 Å². The number of ether oxygens (including phenoxy) is 1. The summed E-state index contributed by atoms with van der Waals surface area (Å²) >= 11 is 0. The zero-order chi connectivity index (χ0) is 16.5. The Morgan fingerprint density at radius 2 is 2.05 bits per heavy atom. The highest BCUT2D eigenvalue weighted by Gasteiger charge is 2.10. The van der Waals surface area contributed by atoms with Gasteiger partial charge >= 0.3 is 0 Å². The Hall–Kier alpha value is -2.09. The molecule has 0 aromatic heterocycles. The summed E-state index contributed by atoms with van der Waals surface area (Å²) < 4.78 is 5.09. The van der Waals surface area contributed by atoms with E-state index in [0.29, 0.717) is 5.56 Å². The van der Waals surface area contributed by atoms with Gasteiger partial charge in [0.15, 0.2) is 11.5 Å². The summed E-state index contributed by atoms with van der Waals surface area (Å²) in [4.78, 5) is 11.5. The molecule has 1 amide bonds. The Balaban J connectivity index is 2.25. The Kier molecular flexibility index (Phi) is 7.38. The minimum atomic E-state index is -0.947. The van der Waals surface area contributed by atoms with Crippen molar-refractivity contribution in [2.75, 3.05) is 19.8 Å². The predicted molar refractivity (Wildman–Crippen MR) is 80.3 cm³/mol. The summed E-state index contributed by atoms with van der Waals surface area (Å²) in [7, 11) is 0. The third-order valence-corrected chi connectivity index (χ3v) is 2.82. The van der Waals surface area contributed by atoms with Gasteiger partial charge in [0, 0.05) is 12.6 Å². The van der Waals surface area contributed by atoms with Crippen molar-refractivity contribution in [1.82, 2.24) is 5.32 Å². The van der Waals surface area contributed by atoms with Crippen LogP contribution in [0.5, 0.6) is 11.5 Å². The summed E-state index contributed by atoms with van der Waals surface area (Å²) in [5.74, 6) is -0.821. The highest BCUT2D eigenvalue weighted by atomic mass is 16.5. The van der Waals surface area contributed by atoms with E-state index in [1.165, 1.54) is 31.2 Å². The van der Waals surface area contributed by atoms with Gasteiger partial charge in [0.1, 0.15) is 6.10 Å². The molecule has 7 heteroatoms. The van der Waals surface area contributed by atoms with E-state index < -0.39 is 12.2 Å². The molecule has 0 saturated heterocycles. The second-order valence-corrected chi connectivity index (χ2v) is 4.76. The van der Waals surface area contributed by atoms with Crippen LogP contribution in [0.4, 0.5) is 0 Å². The first-order valence-corrected chi connectivity index (χ1v) is 6.82. The second-order valence-electron chi connectivity index (χ2n) is 4.76. The molecule has 0 aliphatic carbocycles. The topological polar surface area (TPSA) is 119 Å². The molecule has 1 aromatic carbocycles. The van der Waals surface area contributed by atoms with Crippen molar-refractivity contribution in [3.63, 3.8) is 0 Å². The van der Waals surface area contributed by atoms with Gasteiger partial charge in [-0.2, -0.15) is 0 Å². The number of rotatable bonds is 8. The molecule has 0 radical (unpaired) electrons. The molecule has 7 nitrogen and oxygen atoms in total. The number of amides is 1. The average molecular weight is 311 g/mol. The highest BCUT2D eigenvalue weighted by molar-refractivity contribution is 5.91. The zero-order valence-electron chi connectivity index (χ0n) is 12.3. The van der Waals surface area contributed by atoms with Crippen LogP contribution >= 0.6 is 0 Å². The summed E-state index contributed by atoms with van der Waals surface area (Å²) in [6.45, 7) is 1.93. The predicted octanol–water partition coefficient (Wildman–Crippen LogP) is -0.0145. The number of aromatic hydroxyl groups is 2. The highest BCUT2D eigenvalue weighted by Crippen LogP contribution is 2.25. The van der Waals surface area contributed by atoms with Crippen LogP contribution in [-0.4, -0.2) is 58.3 Å². The maximum Gasteiger partial charge on any atom is 0.244 e. The van der Waals surface area contributed by atoms with E-state index in [1.807, 2.05) is 0 Å². The number of aliphatic hydroxyl groups excluding tert-OH is 2. The lowest BCUT2D eigenvalue weighted by atomic mass is 10.2.